The summed E-state index contributed by atoms with van der Waals surface area (Å²) >= 11 is 0. The van der Waals surface area contributed by atoms with E-state index in [-0.39, 0.29) is 43.6 Å². The number of nitriles is 1. The first kappa shape index (κ1) is 42.7. The Balaban J connectivity index is 0.957. The smallest absolute Gasteiger partial charge is 0.318 e. The predicted molar refractivity (Wildman–Crippen MR) is 249 cm³/mol. The molecule has 0 spiro atoms. The van der Waals surface area contributed by atoms with E-state index in [1.54, 1.807) is 17.1 Å². The number of alkyl halides is 1. The summed E-state index contributed by atoms with van der Waals surface area (Å²) in [4.78, 5) is 32.5. The topological polar surface area (TPSA) is 98.1 Å². The minimum atomic E-state index is -0.918. The second-order valence-corrected chi connectivity index (χ2v) is 17.1. The number of likely N-dealkylation sites (tertiary alicyclic amines) is 1. The number of fused-ring (bicyclic) bond motifs is 2. The molecule has 10 nitrogen and oxygen atoms in total. The fourth-order valence-electron chi connectivity index (χ4n) is 9.87. The van der Waals surface area contributed by atoms with Gasteiger partial charge in [0, 0.05) is 61.5 Å². The van der Waals surface area contributed by atoms with Crippen molar-refractivity contribution in [1.29, 1.82) is 5.26 Å². The van der Waals surface area contributed by atoms with E-state index < -0.39 is 11.8 Å². The average Bonchev–Trinajstić information content (AvgIpc) is 3.66. The highest BCUT2D eigenvalue weighted by atomic mass is 19.1. The van der Waals surface area contributed by atoms with Crippen LogP contribution in [-0.4, -0.2) is 96.9 Å². The lowest BCUT2D eigenvalue weighted by Gasteiger charge is -2.42. The van der Waals surface area contributed by atoms with Crippen molar-refractivity contribution in [2.75, 3.05) is 62.8 Å². The summed E-state index contributed by atoms with van der Waals surface area (Å²) in [6.07, 6.45) is 3.75. The summed E-state index contributed by atoms with van der Waals surface area (Å²) in [6.45, 7) is 5.66. The van der Waals surface area contributed by atoms with E-state index in [0.717, 1.165) is 46.0 Å². The minimum absolute atomic E-state index is 0.0762. The number of carbonyl (C=O) groups is 1. The number of anilines is 2. The third-order valence-electron chi connectivity index (χ3n) is 13.1. The summed E-state index contributed by atoms with van der Waals surface area (Å²) in [5.41, 5.74) is 6.34. The first-order chi connectivity index (χ1) is 31.3. The van der Waals surface area contributed by atoms with Crippen LogP contribution in [0.15, 0.2) is 140 Å². The normalized spacial score (nSPS) is 19.2. The number of hydrogen-bond acceptors (Lipinski definition) is 9. The van der Waals surface area contributed by atoms with Crippen LogP contribution >= 0.6 is 0 Å². The number of aromatic nitrogens is 2. The summed E-state index contributed by atoms with van der Waals surface area (Å²) in [6, 6.07) is 45.5. The molecule has 0 aliphatic carbocycles. The van der Waals surface area contributed by atoms with Crippen molar-refractivity contribution >= 4 is 28.2 Å². The maximum Gasteiger partial charge on any atom is 0.318 e. The van der Waals surface area contributed by atoms with Crippen molar-refractivity contribution in [3.05, 3.63) is 173 Å². The van der Waals surface area contributed by atoms with Crippen molar-refractivity contribution in [2.24, 2.45) is 0 Å². The number of amides is 1. The molecule has 3 aliphatic heterocycles. The lowest BCUT2D eigenvalue weighted by Crippen LogP contribution is -2.55. The van der Waals surface area contributed by atoms with Crippen molar-refractivity contribution in [3.63, 3.8) is 0 Å². The Morgan fingerprint density at radius 2 is 1.50 bits per heavy atom. The molecule has 2 fully saturated rings. The first-order valence-corrected chi connectivity index (χ1v) is 22.3. The SMILES string of the molecule is Cc1cccc2cccc(N3CCc4c(nc(OC[C@H]5C[C@@H](F)CN5C)nc4N4CCN(C(=O)/C=C/COC(c5ccccc5)(c5ccccc5)c5ccccc5)[C@@H](CC#N)C4)C3)c12. The molecule has 11 heteroatoms. The molecule has 0 unspecified atom stereocenters. The summed E-state index contributed by atoms with van der Waals surface area (Å²) in [5.74, 6) is 0.602. The zero-order valence-electron chi connectivity index (χ0n) is 36.5. The molecule has 5 aromatic carbocycles. The van der Waals surface area contributed by atoms with E-state index in [1.807, 2.05) is 66.5 Å². The van der Waals surface area contributed by atoms with Crippen molar-refractivity contribution in [3.8, 4) is 12.1 Å². The third kappa shape index (κ3) is 8.68. The van der Waals surface area contributed by atoms with Gasteiger partial charge in [-0.05, 0) is 60.5 Å². The highest BCUT2D eigenvalue weighted by Gasteiger charge is 2.38. The number of aryl methyl sites for hydroxylation is 1. The van der Waals surface area contributed by atoms with E-state index in [9.17, 15) is 14.4 Å². The predicted octanol–water partition coefficient (Wildman–Crippen LogP) is 8.42. The Kier molecular flexibility index (Phi) is 12.7. The maximum absolute atomic E-state index is 14.3. The largest absolute Gasteiger partial charge is 0.462 e. The van der Waals surface area contributed by atoms with Crippen LogP contribution in [0.2, 0.25) is 0 Å². The van der Waals surface area contributed by atoms with Gasteiger partial charge in [0.25, 0.3) is 0 Å². The molecule has 0 saturated carbocycles. The minimum Gasteiger partial charge on any atom is -0.462 e. The van der Waals surface area contributed by atoms with E-state index in [4.69, 9.17) is 19.4 Å². The molecule has 64 heavy (non-hydrogen) atoms. The van der Waals surface area contributed by atoms with Gasteiger partial charge >= 0.3 is 6.01 Å². The van der Waals surface area contributed by atoms with Crippen molar-refractivity contribution in [1.82, 2.24) is 19.8 Å². The monoisotopic (exact) mass is 855 g/mol. The number of rotatable bonds is 13. The van der Waals surface area contributed by atoms with E-state index >= 15 is 0 Å². The first-order valence-electron chi connectivity index (χ1n) is 22.3. The summed E-state index contributed by atoms with van der Waals surface area (Å²) in [5, 5.41) is 12.5. The van der Waals surface area contributed by atoms with Gasteiger partial charge in [-0.2, -0.15) is 15.2 Å². The van der Waals surface area contributed by atoms with Crippen LogP contribution in [0, 0.1) is 18.3 Å². The van der Waals surface area contributed by atoms with Gasteiger partial charge in [0.05, 0.1) is 37.4 Å². The van der Waals surface area contributed by atoms with Crippen LogP contribution < -0.4 is 14.5 Å². The van der Waals surface area contributed by atoms with Gasteiger partial charge in [-0.1, -0.05) is 127 Å². The zero-order valence-corrected chi connectivity index (χ0v) is 36.5. The van der Waals surface area contributed by atoms with Crippen LogP contribution in [0.4, 0.5) is 15.9 Å². The lowest BCUT2D eigenvalue weighted by atomic mass is 9.80. The molecule has 9 rings (SSSR count). The fraction of sp³-hybridized carbons (Fsp3) is 0.321. The number of carbonyl (C=O) groups excluding carboxylic acids is 1. The number of benzene rings is 5. The Morgan fingerprint density at radius 1 is 0.828 bits per heavy atom. The lowest BCUT2D eigenvalue weighted by molar-refractivity contribution is -0.128. The van der Waals surface area contributed by atoms with Crippen LogP contribution in [0.5, 0.6) is 6.01 Å². The number of nitrogens with zero attached hydrogens (tertiary/aromatic N) is 7. The molecule has 1 amide bonds. The number of ether oxygens (including phenoxy) is 2. The Bertz CT molecular complexity index is 2540. The van der Waals surface area contributed by atoms with Crippen molar-refractivity contribution < 1.29 is 18.7 Å². The maximum atomic E-state index is 14.3. The molecule has 6 aromatic rings. The molecule has 0 N–H and O–H groups in total. The van der Waals surface area contributed by atoms with Gasteiger partial charge in [0.2, 0.25) is 5.91 Å². The molecular weight excluding hydrogens is 802 g/mol. The molecule has 3 atom stereocenters. The highest BCUT2D eigenvalue weighted by Crippen LogP contribution is 2.41. The fourth-order valence-corrected chi connectivity index (χ4v) is 9.87. The Hall–Kier alpha value is -6.61. The third-order valence-corrected chi connectivity index (χ3v) is 13.1. The van der Waals surface area contributed by atoms with Crippen LogP contribution in [0.1, 0.15) is 46.4 Å². The van der Waals surface area contributed by atoms with Crippen LogP contribution in [0.3, 0.4) is 0 Å². The van der Waals surface area contributed by atoms with Gasteiger partial charge in [0.15, 0.2) is 0 Å². The molecule has 4 heterocycles. The molecule has 1 aromatic heterocycles. The van der Waals surface area contributed by atoms with Gasteiger partial charge in [-0.3, -0.25) is 9.69 Å². The number of hydrogen-bond donors (Lipinski definition) is 0. The number of piperazine rings is 1. The molecule has 326 valence electrons. The zero-order chi connectivity index (χ0) is 44.0. The van der Waals surface area contributed by atoms with Gasteiger partial charge < -0.3 is 24.2 Å². The Labute approximate surface area is 375 Å². The highest BCUT2D eigenvalue weighted by molar-refractivity contribution is 5.97. The average molecular weight is 856 g/mol. The summed E-state index contributed by atoms with van der Waals surface area (Å²) < 4.78 is 27.6. The second-order valence-electron chi connectivity index (χ2n) is 17.1. The van der Waals surface area contributed by atoms with Gasteiger partial charge in [-0.25, -0.2) is 4.39 Å². The van der Waals surface area contributed by atoms with Crippen LogP contribution in [-0.2, 0) is 28.1 Å². The van der Waals surface area contributed by atoms with E-state index in [1.165, 1.54) is 16.3 Å². The molecule has 3 aliphatic rings. The van der Waals surface area contributed by atoms with E-state index in [0.29, 0.717) is 45.6 Å². The molecule has 2 saturated heterocycles. The number of halogens is 1. The van der Waals surface area contributed by atoms with E-state index in [2.05, 4.69) is 95.6 Å². The van der Waals surface area contributed by atoms with Crippen molar-refractivity contribution in [2.45, 2.75) is 56.6 Å². The van der Waals surface area contributed by atoms with Gasteiger partial charge in [-0.15, -0.1) is 0 Å². The quantitative estimate of drug-likeness (QED) is 0.0838. The molecule has 0 bridgehead atoms. The Morgan fingerprint density at radius 3 is 2.14 bits per heavy atom. The molecule has 0 radical (unpaired) electrons. The second kappa shape index (κ2) is 19.0. The van der Waals surface area contributed by atoms with Crippen LogP contribution in [0.25, 0.3) is 10.8 Å². The molecular formula is C53H54FN7O3. The van der Waals surface area contributed by atoms with Gasteiger partial charge in [0.1, 0.15) is 24.2 Å². The summed E-state index contributed by atoms with van der Waals surface area (Å²) in [7, 11) is 1.92. The standard InChI is InChI=1S/C53H54FN7O3/c1-38-15-12-16-39-17-13-24-48(50(38)39)59-29-27-46-47(36-59)56-52(63-37-45-33-43(54)34-58(45)2)57-51(46)60-30-31-61(44(35-60)26-28-55)49(62)25-14-32-64-53(40-18-6-3-7-19-40,41-20-8-4-9-21-41)42-22-10-5-11-23-42/h3-25,43-45H,26-27,29-37H2,1-2H3/b25-14+/t43-,44+,45-/m1/s1. The number of likely N-dealkylation sites (N-methyl/N-ethyl adjacent to an activating group) is 1.